The molecule has 2 N–H and O–H groups in total. The number of rotatable bonds is 4. The largest absolute Gasteiger partial charge is 0.506 e. The van der Waals surface area contributed by atoms with Gasteiger partial charge in [0.2, 0.25) is 0 Å². The van der Waals surface area contributed by atoms with Crippen LogP contribution in [0.3, 0.4) is 0 Å². The molecule has 2 heterocycles. The number of aromatic hydroxyl groups is 1. The zero-order chi connectivity index (χ0) is 18.7. The van der Waals surface area contributed by atoms with E-state index in [4.69, 9.17) is 4.74 Å². The monoisotopic (exact) mass is 356 g/mol. The minimum Gasteiger partial charge on any atom is -0.506 e. The summed E-state index contributed by atoms with van der Waals surface area (Å²) < 4.78 is 6.39. The molecule has 0 aliphatic carbocycles. The second-order valence-electron chi connectivity index (χ2n) is 5.97. The molecule has 1 aromatic heterocycles. The number of nitrogens with one attached hydrogen (secondary N) is 1. The highest BCUT2D eigenvalue weighted by molar-refractivity contribution is 5.99. The van der Waals surface area contributed by atoms with Gasteiger partial charge in [0.05, 0.1) is 12.3 Å². The summed E-state index contributed by atoms with van der Waals surface area (Å²) in [4.78, 5) is 28.9. The Balaban J connectivity index is 1.99. The van der Waals surface area contributed by atoms with E-state index in [2.05, 4.69) is 15.5 Å². The van der Waals surface area contributed by atoms with Crippen LogP contribution in [0, 0.1) is 0 Å². The SMILES string of the molecule is CCOC(=O)c1cnc2n(c1=O)C(C)CC/C2=N\Nc1ccccc1O. The highest BCUT2D eigenvalue weighted by atomic mass is 16.5. The van der Waals surface area contributed by atoms with Gasteiger partial charge in [0.25, 0.3) is 5.56 Å². The van der Waals surface area contributed by atoms with Crippen LogP contribution in [0.5, 0.6) is 5.75 Å². The maximum atomic E-state index is 12.7. The van der Waals surface area contributed by atoms with Crippen LogP contribution in [-0.2, 0) is 4.74 Å². The summed E-state index contributed by atoms with van der Waals surface area (Å²) in [6, 6.07) is 6.61. The minimum absolute atomic E-state index is 0.0732. The average molecular weight is 356 g/mol. The van der Waals surface area contributed by atoms with E-state index >= 15 is 0 Å². The van der Waals surface area contributed by atoms with Gasteiger partial charge in [-0.15, -0.1) is 0 Å². The van der Waals surface area contributed by atoms with E-state index in [1.54, 1.807) is 31.2 Å². The van der Waals surface area contributed by atoms with Crippen molar-refractivity contribution in [2.24, 2.45) is 5.10 Å². The lowest BCUT2D eigenvalue weighted by atomic mass is 10.0. The van der Waals surface area contributed by atoms with E-state index in [-0.39, 0.29) is 24.0 Å². The summed E-state index contributed by atoms with van der Waals surface area (Å²) in [6.45, 7) is 3.76. The Morgan fingerprint density at radius 3 is 2.96 bits per heavy atom. The van der Waals surface area contributed by atoms with Crippen LogP contribution in [0.2, 0.25) is 0 Å². The van der Waals surface area contributed by atoms with Crippen molar-refractivity contribution in [3.63, 3.8) is 0 Å². The quantitative estimate of drug-likeness (QED) is 0.495. The predicted octanol–water partition coefficient (Wildman–Crippen LogP) is 2.30. The molecule has 1 aromatic carbocycles. The molecule has 0 saturated carbocycles. The standard InChI is InChI=1S/C18H20N4O4/c1-3-26-18(25)12-10-19-16-14(9-8-11(2)22(16)17(12)24)21-20-13-6-4-5-7-15(13)23/h4-7,10-11,20,23H,3,8-9H2,1-2H3/b21-14+. The first-order valence-electron chi connectivity index (χ1n) is 8.42. The van der Waals surface area contributed by atoms with Crippen molar-refractivity contribution in [3.05, 3.63) is 52.2 Å². The zero-order valence-electron chi connectivity index (χ0n) is 14.6. The van der Waals surface area contributed by atoms with Crippen molar-refractivity contribution in [2.45, 2.75) is 32.7 Å². The highest BCUT2D eigenvalue weighted by Crippen LogP contribution is 2.24. The van der Waals surface area contributed by atoms with Crippen LogP contribution in [0.25, 0.3) is 0 Å². The van der Waals surface area contributed by atoms with Crippen LogP contribution >= 0.6 is 0 Å². The fourth-order valence-electron chi connectivity index (χ4n) is 2.83. The number of phenols is 1. The summed E-state index contributed by atoms with van der Waals surface area (Å²) in [5.74, 6) is -0.197. The molecule has 1 aliphatic heterocycles. The number of benzene rings is 1. The topological polar surface area (TPSA) is 106 Å². The number of hydrogen-bond donors (Lipinski definition) is 2. The number of ether oxygens (including phenoxy) is 1. The molecule has 2 aromatic rings. The van der Waals surface area contributed by atoms with Gasteiger partial charge >= 0.3 is 5.97 Å². The van der Waals surface area contributed by atoms with Crippen molar-refractivity contribution < 1.29 is 14.6 Å². The first kappa shape index (κ1) is 17.7. The number of carbonyl (C=O) groups is 1. The lowest BCUT2D eigenvalue weighted by molar-refractivity contribution is 0.0522. The molecule has 0 fully saturated rings. The second-order valence-corrected chi connectivity index (χ2v) is 5.97. The number of nitrogens with zero attached hydrogens (tertiary/aromatic N) is 3. The molecule has 8 nitrogen and oxygen atoms in total. The van der Waals surface area contributed by atoms with Crippen LogP contribution in [0.15, 0.2) is 40.4 Å². The molecular weight excluding hydrogens is 336 g/mol. The first-order valence-corrected chi connectivity index (χ1v) is 8.42. The molecule has 3 rings (SSSR count). The number of fused-ring (bicyclic) bond motifs is 1. The van der Waals surface area contributed by atoms with E-state index in [9.17, 15) is 14.7 Å². The first-order chi connectivity index (χ1) is 12.5. The van der Waals surface area contributed by atoms with Gasteiger partial charge in [0.1, 0.15) is 17.0 Å². The van der Waals surface area contributed by atoms with E-state index in [0.717, 1.165) is 0 Å². The predicted molar refractivity (Wildman–Crippen MR) is 96.7 cm³/mol. The molecule has 136 valence electrons. The number of esters is 1. The van der Waals surface area contributed by atoms with Crippen molar-refractivity contribution in [2.75, 3.05) is 12.0 Å². The molecule has 0 amide bonds. The lowest BCUT2D eigenvalue weighted by Crippen LogP contribution is -2.37. The van der Waals surface area contributed by atoms with Crippen molar-refractivity contribution in [1.29, 1.82) is 0 Å². The van der Waals surface area contributed by atoms with Gasteiger partial charge in [-0.25, -0.2) is 9.78 Å². The van der Waals surface area contributed by atoms with Gasteiger partial charge in [-0.1, -0.05) is 12.1 Å². The number of carbonyl (C=O) groups excluding carboxylic acids is 1. The molecule has 8 heteroatoms. The number of hydrazone groups is 1. The second kappa shape index (κ2) is 7.38. The Morgan fingerprint density at radius 1 is 1.46 bits per heavy atom. The maximum Gasteiger partial charge on any atom is 0.345 e. The molecule has 1 unspecified atom stereocenters. The van der Waals surface area contributed by atoms with Crippen LogP contribution in [-0.4, -0.2) is 32.9 Å². The van der Waals surface area contributed by atoms with E-state index in [1.807, 2.05) is 6.92 Å². The van der Waals surface area contributed by atoms with Crippen LogP contribution in [0.1, 0.15) is 48.9 Å². The van der Waals surface area contributed by atoms with Crippen molar-refractivity contribution in [3.8, 4) is 5.75 Å². The normalized spacial score (nSPS) is 17.6. The van der Waals surface area contributed by atoms with Crippen LogP contribution in [0.4, 0.5) is 5.69 Å². The Bertz CT molecular complexity index is 920. The smallest absolute Gasteiger partial charge is 0.345 e. The molecule has 0 saturated heterocycles. The van der Waals surface area contributed by atoms with Gasteiger partial charge in [-0.05, 0) is 38.8 Å². The lowest BCUT2D eigenvalue weighted by Gasteiger charge is -2.25. The third-order valence-electron chi connectivity index (χ3n) is 4.20. The maximum absolute atomic E-state index is 12.7. The number of aromatic nitrogens is 2. The molecule has 0 radical (unpaired) electrons. The average Bonchev–Trinajstić information content (AvgIpc) is 2.62. The summed E-state index contributed by atoms with van der Waals surface area (Å²) in [5.41, 5.74) is 3.32. The van der Waals surface area contributed by atoms with Gasteiger partial charge in [-0.2, -0.15) is 5.10 Å². The molecular formula is C18H20N4O4. The van der Waals surface area contributed by atoms with Crippen molar-refractivity contribution >= 4 is 17.4 Å². The van der Waals surface area contributed by atoms with E-state index < -0.39 is 11.5 Å². The number of para-hydroxylation sites is 2. The molecule has 0 bridgehead atoms. The zero-order valence-corrected chi connectivity index (χ0v) is 14.6. The van der Waals surface area contributed by atoms with E-state index in [0.29, 0.717) is 30.1 Å². The number of anilines is 1. The Kier molecular flexibility index (Phi) is 5.01. The Hall–Kier alpha value is -3.16. The number of phenolic OH excluding ortho intramolecular Hbond substituents is 1. The van der Waals surface area contributed by atoms with Gasteiger partial charge < -0.3 is 9.84 Å². The fourth-order valence-corrected chi connectivity index (χ4v) is 2.83. The fraction of sp³-hybridized carbons (Fsp3) is 0.333. The van der Waals surface area contributed by atoms with Gasteiger partial charge in [0, 0.05) is 12.2 Å². The third kappa shape index (κ3) is 3.30. The molecule has 26 heavy (non-hydrogen) atoms. The highest BCUT2D eigenvalue weighted by Gasteiger charge is 2.27. The molecule has 1 atom stereocenters. The van der Waals surface area contributed by atoms with E-state index in [1.165, 1.54) is 10.8 Å². The van der Waals surface area contributed by atoms with Gasteiger partial charge in [-0.3, -0.25) is 14.8 Å². The summed E-state index contributed by atoms with van der Waals surface area (Å²) in [6.07, 6.45) is 2.54. The Labute approximate surface area is 150 Å². The van der Waals surface area contributed by atoms with Gasteiger partial charge in [0.15, 0.2) is 5.82 Å². The minimum atomic E-state index is -0.677. The van der Waals surface area contributed by atoms with Crippen molar-refractivity contribution in [1.82, 2.24) is 9.55 Å². The summed E-state index contributed by atoms with van der Waals surface area (Å²) in [5, 5.41) is 14.1. The Morgan fingerprint density at radius 2 is 2.23 bits per heavy atom. The third-order valence-corrected chi connectivity index (χ3v) is 4.20. The molecule has 0 spiro atoms. The summed E-state index contributed by atoms with van der Waals surface area (Å²) in [7, 11) is 0. The summed E-state index contributed by atoms with van der Waals surface area (Å²) >= 11 is 0. The van der Waals surface area contributed by atoms with Crippen LogP contribution < -0.4 is 11.0 Å². The number of hydrogen-bond acceptors (Lipinski definition) is 7. The molecule has 1 aliphatic rings.